The molecule has 0 radical (unpaired) electrons. The van der Waals surface area contributed by atoms with Crippen LogP contribution >= 0.6 is 0 Å². The van der Waals surface area contributed by atoms with Crippen molar-refractivity contribution in [1.29, 1.82) is 0 Å². The highest BCUT2D eigenvalue weighted by Crippen LogP contribution is 2.48. The molecule has 0 unspecified atom stereocenters. The maximum atomic E-state index is 10.7. The topological polar surface area (TPSA) is 75.8 Å². The van der Waals surface area contributed by atoms with E-state index < -0.39 is 6.03 Å². The third kappa shape index (κ3) is 2.56. The van der Waals surface area contributed by atoms with E-state index in [-0.39, 0.29) is 5.92 Å². The zero-order valence-electron chi connectivity index (χ0n) is 10.6. The Bertz CT molecular complexity index is 462. The number of methoxy groups -OCH3 is 1. The average molecular weight is 250 g/mol. The first-order valence-electron chi connectivity index (χ1n) is 5.93. The van der Waals surface area contributed by atoms with Gasteiger partial charge in [-0.15, -0.1) is 0 Å². The second kappa shape index (κ2) is 4.86. The van der Waals surface area contributed by atoms with Crippen LogP contribution < -0.4 is 10.5 Å². The summed E-state index contributed by atoms with van der Waals surface area (Å²) in [4.78, 5) is 10.7. The number of primary amides is 1. The highest BCUT2D eigenvalue weighted by atomic mass is 16.5. The molecule has 2 rings (SSSR count). The van der Waals surface area contributed by atoms with Crippen LogP contribution in [0.5, 0.6) is 5.75 Å². The molecule has 2 atom stereocenters. The molecule has 0 aliphatic heterocycles. The summed E-state index contributed by atoms with van der Waals surface area (Å²) in [5, 5.41) is 9.86. The van der Waals surface area contributed by atoms with E-state index in [9.17, 15) is 10.0 Å². The molecule has 0 bridgehead atoms. The maximum absolute atomic E-state index is 10.7. The van der Waals surface area contributed by atoms with E-state index in [4.69, 9.17) is 10.5 Å². The van der Waals surface area contributed by atoms with E-state index in [0.717, 1.165) is 17.7 Å². The zero-order valence-corrected chi connectivity index (χ0v) is 10.6. The molecule has 98 valence electrons. The van der Waals surface area contributed by atoms with Gasteiger partial charge in [0.1, 0.15) is 5.75 Å². The number of rotatable bonds is 4. The van der Waals surface area contributed by atoms with Gasteiger partial charge in [-0.25, -0.2) is 9.86 Å². The van der Waals surface area contributed by atoms with Gasteiger partial charge in [-0.2, -0.15) is 0 Å². The van der Waals surface area contributed by atoms with Gasteiger partial charge < -0.3 is 10.5 Å². The van der Waals surface area contributed by atoms with Crippen LogP contribution in [0.25, 0.3) is 0 Å². The summed E-state index contributed by atoms with van der Waals surface area (Å²) in [5.74, 6) is 1.55. The molecule has 1 aromatic rings. The van der Waals surface area contributed by atoms with Crippen molar-refractivity contribution in [2.75, 3.05) is 13.7 Å². The Morgan fingerprint density at radius 1 is 1.61 bits per heavy atom. The number of ether oxygens (including phenoxy) is 1. The van der Waals surface area contributed by atoms with Gasteiger partial charge in [0.25, 0.3) is 0 Å². The minimum atomic E-state index is -0.799. The number of nitrogens with zero attached hydrogens (tertiary/aromatic N) is 1. The fraction of sp³-hybridized carbons (Fsp3) is 0.462. The number of amides is 2. The molecule has 18 heavy (non-hydrogen) atoms. The van der Waals surface area contributed by atoms with Crippen LogP contribution in [0.2, 0.25) is 0 Å². The molecule has 0 saturated heterocycles. The molecule has 0 spiro atoms. The van der Waals surface area contributed by atoms with Gasteiger partial charge in [0.15, 0.2) is 0 Å². The standard InChI is InChI=1S/C13H18N2O3/c1-8-5-9(3-4-12(8)18-2)11-6-10(11)7-15(17)13(14)16/h3-5,10-11,17H,6-7H2,1-2H3,(H2,14,16)/t10-,11-/m0/s1. The van der Waals surface area contributed by atoms with Gasteiger partial charge in [-0.3, -0.25) is 5.21 Å². The van der Waals surface area contributed by atoms with E-state index in [2.05, 4.69) is 6.07 Å². The molecule has 1 fully saturated rings. The largest absolute Gasteiger partial charge is 0.496 e. The summed E-state index contributed by atoms with van der Waals surface area (Å²) in [6, 6.07) is 5.27. The summed E-state index contributed by atoms with van der Waals surface area (Å²) in [6.07, 6.45) is 0.968. The second-order valence-corrected chi connectivity index (χ2v) is 4.75. The summed E-state index contributed by atoms with van der Waals surface area (Å²) >= 11 is 0. The van der Waals surface area contributed by atoms with Crippen molar-refractivity contribution >= 4 is 6.03 Å². The molecule has 1 aliphatic carbocycles. The van der Waals surface area contributed by atoms with Crippen LogP contribution in [0.1, 0.15) is 23.5 Å². The van der Waals surface area contributed by atoms with Crippen molar-refractivity contribution in [3.63, 3.8) is 0 Å². The fourth-order valence-electron chi connectivity index (χ4n) is 2.30. The lowest BCUT2D eigenvalue weighted by Crippen LogP contribution is -2.34. The highest BCUT2D eigenvalue weighted by Gasteiger charge is 2.40. The van der Waals surface area contributed by atoms with Crippen molar-refractivity contribution in [2.45, 2.75) is 19.3 Å². The number of nitrogens with two attached hydrogens (primary N) is 1. The monoisotopic (exact) mass is 250 g/mol. The lowest BCUT2D eigenvalue weighted by molar-refractivity contribution is -0.0431. The smallest absolute Gasteiger partial charge is 0.338 e. The third-order valence-corrected chi connectivity index (χ3v) is 3.43. The zero-order chi connectivity index (χ0) is 13.3. The van der Waals surface area contributed by atoms with E-state index in [0.29, 0.717) is 17.5 Å². The first-order chi connectivity index (χ1) is 8.52. The van der Waals surface area contributed by atoms with E-state index in [1.165, 1.54) is 5.56 Å². The second-order valence-electron chi connectivity index (χ2n) is 4.75. The van der Waals surface area contributed by atoms with Crippen LogP contribution in [0.3, 0.4) is 0 Å². The van der Waals surface area contributed by atoms with Crippen LogP contribution in [0.15, 0.2) is 18.2 Å². The Hall–Kier alpha value is -1.75. The number of urea groups is 1. The Labute approximate surface area is 106 Å². The number of carbonyl (C=O) groups is 1. The molecule has 2 amide bonds. The van der Waals surface area contributed by atoms with Gasteiger partial charge in [0.2, 0.25) is 0 Å². The van der Waals surface area contributed by atoms with Crippen LogP contribution in [0.4, 0.5) is 4.79 Å². The normalized spacial score (nSPS) is 21.5. The number of benzene rings is 1. The van der Waals surface area contributed by atoms with Gasteiger partial charge >= 0.3 is 6.03 Å². The molecule has 3 N–H and O–H groups in total. The Morgan fingerprint density at radius 3 is 2.89 bits per heavy atom. The number of hydroxylamine groups is 2. The van der Waals surface area contributed by atoms with Crippen LogP contribution in [-0.2, 0) is 0 Å². The average Bonchev–Trinajstić information content (AvgIpc) is 3.08. The highest BCUT2D eigenvalue weighted by molar-refractivity contribution is 5.70. The molecular formula is C13H18N2O3. The van der Waals surface area contributed by atoms with Crippen LogP contribution in [-0.4, -0.2) is 30.0 Å². The fourth-order valence-corrected chi connectivity index (χ4v) is 2.30. The predicted molar refractivity (Wildman–Crippen MR) is 66.7 cm³/mol. The molecule has 5 nitrogen and oxygen atoms in total. The van der Waals surface area contributed by atoms with Gasteiger partial charge in [-0.1, -0.05) is 12.1 Å². The van der Waals surface area contributed by atoms with Crippen molar-refractivity contribution in [1.82, 2.24) is 5.06 Å². The summed E-state index contributed by atoms with van der Waals surface area (Å²) in [7, 11) is 1.65. The van der Waals surface area contributed by atoms with Crippen molar-refractivity contribution in [2.24, 2.45) is 11.7 Å². The van der Waals surface area contributed by atoms with Gasteiger partial charge in [0, 0.05) is 0 Å². The minimum absolute atomic E-state index is 0.287. The van der Waals surface area contributed by atoms with Gasteiger partial charge in [-0.05, 0) is 42.4 Å². The first-order valence-corrected chi connectivity index (χ1v) is 5.93. The molecule has 0 heterocycles. The van der Waals surface area contributed by atoms with Crippen LogP contribution in [0, 0.1) is 12.8 Å². The Balaban J connectivity index is 1.99. The molecule has 5 heteroatoms. The van der Waals surface area contributed by atoms with E-state index >= 15 is 0 Å². The number of hydrogen-bond donors (Lipinski definition) is 2. The first kappa shape index (κ1) is 12.7. The SMILES string of the molecule is COc1ccc([C@@H]2C[C@H]2CN(O)C(N)=O)cc1C. The van der Waals surface area contributed by atoms with E-state index in [1.807, 2.05) is 19.1 Å². The quantitative estimate of drug-likeness (QED) is 0.632. The van der Waals surface area contributed by atoms with Crippen molar-refractivity contribution in [3.05, 3.63) is 29.3 Å². The number of hydrogen-bond acceptors (Lipinski definition) is 3. The molecule has 1 saturated carbocycles. The predicted octanol–water partition coefficient (Wildman–Crippen LogP) is 1.88. The van der Waals surface area contributed by atoms with Crippen molar-refractivity contribution in [3.8, 4) is 5.75 Å². The Kier molecular flexibility index (Phi) is 3.43. The number of carbonyl (C=O) groups excluding carboxylic acids is 1. The summed E-state index contributed by atoms with van der Waals surface area (Å²) in [6.45, 7) is 2.30. The lowest BCUT2D eigenvalue weighted by Gasteiger charge is -2.11. The van der Waals surface area contributed by atoms with E-state index in [1.54, 1.807) is 7.11 Å². The minimum Gasteiger partial charge on any atom is -0.496 e. The molecule has 1 aliphatic rings. The third-order valence-electron chi connectivity index (χ3n) is 3.43. The van der Waals surface area contributed by atoms with Crippen molar-refractivity contribution < 1.29 is 14.7 Å². The molecule has 0 aromatic heterocycles. The number of aryl methyl sites for hydroxylation is 1. The molecule has 1 aromatic carbocycles. The maximum Gasteiger partial charge on any atom is 0.338 e. The molecular weight excluding hydrogens is 232 g/mol. The summed E-state index contributed by atoms with van der Waals surface area (Å²) < 4.78 is 5.21. The Morgan fingerprint density at radius 2 is 2.33 bits per heavy atom. The summed E-state index contributed by atoms with van der Waals surface area (Å²) in [5.41, 5.74) is 7.29. The lowest BCUT2D eigenvalue weighted by atomic mass is 10.1. The van der Waals surface area contributed by atoms with Gasteiger partial charge in [0.05, 0.1) is 13.7 Å².